The van der Waals surface area contributed by atoms with Gasteiger partial charge in [0, 0.05) is 30.3 Å². The Morgan fingerprint density at radius 3 is 2.19 bits per heavy atom. The van der Waals surface area contributed by atoms with Gasteiger partial charge in [0.25, 0.3) is 11.7 Å². The van der Waals surface area contributed by atoms with E-state index < -0.39 is 17.7 Å². The third-order valence-corrected chi connectivity index (χ3v) is 5.20. The number of aliphatic hydroxyl groups excluding tert-OH is 2. The molecule has 8 nitrogen and oxygen atoms in total. The summed E-state index contributed by atoms with van der Waals surface area (Å²) >= 11 is 0. The van der Waals surface area contributed by atoms with E-state index in [1.807, 2.05) is 0 Å². The van der Waals surface area contributed by atoms with Gasteiger partial charge < -0.3 is 29.3 Å². The van der Waals surface area contributed by atoms with Crippen LogP contribution in [0.2, 0.25) is 0 Å². The van der Waals surface area contributed by atoms with Gasteiger partial charge in [0.2, 0.25) is 0 Å². The molecule has 0 bridgehead atoms. The van der Waals surface area contributed by atoms with Gasteiger partial charge in [-0.3, -0.25) is 9.59 Å². The maximum Gasteiger partial charge on any atom is 0.295 e. The third kappa shape index (κ3) is 4.20. The van der Waals surface area contributed by atoms with Crippen LogP contribution in [0.4, 0.5) is 0 Å². The fourth-order valence-electron chi connectivity index (χ4n) is 3.62. The maximum atomic E-state index is 13.0. The Balaban J connectivity index is 2.19. The fourth-order valence-corrected chi connectivity index (χ4v) is 3.62. The van der Waals surface area contributed by atoms with E-state index in [1.54, 1.807) is 42.5 Å². The van der Waals surface area contributed by atoms with Crippen LogP contribution in [-0.2, 0) is 9.59 Å². The first-order valence-corrected chi connectivity index (χ1v) is 9.72. The quantitative estimate of drug-likeness (QED) is 0.379. The van der Waals surface area contributed by atoms with Crippen molar-refractivity contribution in [2.75, 3.05) is 34.5 Å². The minimum absolute atomic E-state index is 0.0448. The van der Waals surface area contributed by atoms with Gasteiger partial charge in [-0.1, -0.05) is 0 Å². The van der Waals surface area contributed by atoms with Gasteiger partial charge in [-0.25, -0.2) is 0 Å². The Labute approximate surface area is 180 Å². The van der Waals surface area contributed by atoms with E-state index in [0.717, 1.165) is 0 Å². The molecular weight excluding hydrogens is 402 g/mol. The lowest BCUT2D eigenvalue weighted by Gasteiger charge is -2.26. The molecule has 2 aromatic carbocycles. The lowest BCUT2D eigenvalue weighted by atomic mass is 9.94. The molecule has 164 valence electrons. The molecule has 0 radical (unpaired) electrons. The second-order valence-electron chi connectivity index (χ2n) is 6.91. The first-order valence-electron chi connectivity index (χ1n) is 9.72. The normalized spacial score (nSPS) is 17.7. The lowest BCUT2D eigenvalue weighted by Crippen LogP contribution is -2.31. The summed E-state index contributed by atoms with van der Waals surface area (Å²) < 4.78 is 15.9. The van der Waals surface area contributed by atoms with Gasteiger partial charge in [0.1, 0.15) is 23.0 Å². The van der Waals surface area contributed by atoms with E-state index in [1.165, 1.54) is 26.2 Å². The van der Waals surface area contributed by atoms with Crippen LogP contribution in [0.5, 0.6) is 17.2 Å². The Morgan fingerprint density at radius 2 is 1.61 bits per heavy atom. The molecule has 3 rings (SSSR count). The zero-order chi connectivity index (χ0) is 22.5. The summed E-state index contributed by atoms with van der Waals surface area (Å²) in [5, 5.41) is 20.3. The van der Waals surface area contributed by atoms with Crippen molar-refractivity contribution in [3.8, 4) is 17.2 Å². The molecule has 1 aliphatic rings. The molecule has 0 unspecified atom stereocenters. The molecule has 1 amide bonds. The molecule has 2 aromatic rings. The minimum atomic E-state index is -0.880. The summed E-state index contributed by atoms with van der Waals surface area (Å²) in [5.41, 5.74) is 0.852. The number of aliphatic hydroxyl groups is 2. The number of carbonyl (C=O) groups excluding carboxylic acids is 2. The maximum absolute atomic E-state index is 13.0. The van der Waals surface area contributed by atoms with Crippen molar-refractivity contribution < 1.29 is 34.0 Å². The second kappa shape index (κ2) is 9.53. The van der Waals surface area contributed by atoms with E-state index in [4.69, 9.17) is 14.2 Å². The van der Waals surface area contributed by atoms with Gasteiger partial charge in [0.05, 0.1) is 32.9 Å². The summed E-state index contributed by atoms with van der Waals surface area (Å²) in [6.45, 7) is -0.00569. The van der Waals surface area contributed by atoms with Crippen molar-refractivity contribution in [1.82, 2.24) is 4.90 Å². The number of likely N-dealkylation sites (tertiary alicyclic amines) is 1. The first kappa shape index (κ1) is 22.2. The summed E-state index contributed by atoms with van der Waals surface area (Å²) in [4.78, 5) is 27.1. The number of nitrogens with zero attached hydrogens (tertiary/aromatic N) is 1. The molecule has 0 spiro atoms. The van der Waals surface area contributed by atoms with Crippen LogP contribution in [0.25, 0.3) is 5.76 Å². The fraction of sp³-hybridized carbons (Fsp3) is 0.304. The molecule has 1 aliphatic heterocycles. The van der Waals surface area contributed by atoms with Gasteiger partial charge in [-0.05, 0) is 42.8 Å². The standard InChI is InChI=1S/C23H25NO7/c1-29-15-7-5-14(6-8-15)21(26)19-20(24(11-4-12-25)23(28)22(19)27)17-10-9-16(30-2)13-18(17)31-3/h5-10,13,20,25-26H,4,11-12H2,1-3H3/b21-19+/t20-/m1/s1. The van der Waals surface area contributed by atoms with Crippen LogP contribution < -0.4 is 14.2 Å². The van der Waals surface area contributed by atoms with Crippen molar-refractivity contribution in [3.05, 3.63) is 59.2 Å². The molecule has 8 heteroatoms. The Kier molecular flexibility index (Phi) is 6.81. The topological polar surface area (TPSA) is 106 Å². The van der Waals surface area contributed by atoms with Gasteiger partial charge in [-0.15, -0.1) is 0 Å². The molecule has 2 N–H and O–H groups in total. The second-order valence-corrected chi connectivity index (χ2v) is 6.91. The number of amides is 1. The lowest BCUT2D eigenvalue weighted by molar-refractivity contribution is -0.140. The van der Waals surface area contributed by atoms with E-state index in [0.29, 0.717) is 28.4 Å². The summed E-state index contributed by atoms with van der Waals surface area (Å²) in [6.07, 6.45) is 0.282. The number of ketones is 1. The highest BCUT2D eigenvalue weighted by molar-refractivity contribution is 6.46. The van der Waals surface area contributed by atoms with Crippen LogP contribution in [0, 0.1) is 0 Å². The van der Waals surface area contributed by atoms with Crippen LogP contribution in [0.15, 0.2) is 48.0 Å². The predicted molar refractivity (Wildman–Crippen MR) is 113 cm³/mol. The molecule has 1 atom stereocenters. The number of ether oxygens (including phenoxy) is 3. The number of carbonyl (C=O) groups is 2. The van der Waals surface area contributed by atoms with Crippen molar-refractivity contribution in [3.63, 3.8) is 0 Å². The summed E-state index contributed by atoms with van der Waals surface area (Å²) in [7, 11) is 4.52. The molecule has 1 saturated heterocycles. The monoisotopic (exact) mass is 427 g/mol. The van der Waals surface area contributed by atoms with E-state index >= 15 is 0 Å². The number of hydrogen-bond donors (Lipinski definition) is 2. The molecule has 31 heavy (non-hydrogen) atoms. The van der Waals surface area contributed by atoms with Crippen LogP contribution in [-0.4, -0.2) is 61.3 Å². The van der Waals surface area contributed by atoms with Crippen molar-refractivity contribution in [2.24, 2.45) is 0 Å². The van der Waals surface area contributed by atoms with Gasteiger partial charge in [-0.2, -0.15) is 0 Å². The zero-order valence-corrected chi connectivity index (χ0v) is 17.6. The van der Waals surface area contributed by atoms with Gasteiger partial charge >= 0.3 is 0 Å². The molecule has 0 aromatic heterocycles. The largest absolute Gasteiger partial charge is 0.507 e. The van der Waals surface area contributed by atoms with Gasteiger partial charge in [0.15, 0.2) is 0 Å². The van der Waals surface area contributed by atoms with E-state index in [9.17, 15) is 19.8 Å². The number of hydrogen-bond acceptors (Lipinski definition) is 7. The SMILES string of the molecule is COc1ccc(/C(O)=C2\C(=O)C(=O)N(CCCO)[C@@H]2c2ccc(OC)cc2OC)cc1. The molecular formula is C23H25NO7. The highest BCUT2D eigenvalue weighted by Gasteiger charge is 2.46. The zero-order valence-electron chi connectivity index (χ0n) is 17.6. The smallest absolute Gasteiger partial charge is 0.295 e. The number of benzene rings is 2. The predicted octanol–water partition coefficient (Wildman–Crippen LogP) is 2.52. The van der Waals surface area contributed by atoms with Crippen LogP contribution >= 0.6 is 0 Å². The average Bonchev–Trinajstić information content (AvgIpc) is 3.06. The summed E-state index contributed by atoms with van der Waals surface area (Å²) in [5.74, 6) is -0.298. The summed E-state index contributed by atoms with van der Waals surface area (Å²) in [6, 6.07) is 10.7. The number of rotatable bonds is 8. The van der Waals surface area contributed by atoms with Crippen molar-refractivity contribution in [2.45, 2.75) is 12.5 Å². The third-order valence-electron chi connectivity index (χ3n) is 5.20. The number of methoxy groups -OCH3 is 3. The minimum Gasteiger partial charge on any atom is -0.507 e. The molecule has 1 fully saturated rings. The van der Waals surface area contributed by atoms with Crippen LogP contribution in [0.1, 0.15) is 23.6 Å². The average molecular weight is 427 g/mol. The molecule has 1 heterocycles. The highest BCUT2D eigenvalue weighted by Crippen LogP contribution is 2.43. The Hall–Kier alpha value is -3.52. The highest BCUT2D eigenvalue weighted by atomic mass is 16.5. The number of Topliss-reactive ketones (excluding diaryl/α,β-unsaturated/α-hetero) is 1. The molecule has 0 saturated carbocycles. The molecule has 0 aliphatic carbocycles. The first-order chi connectivity index (χ1) is 15.0. The van der Waals surface area contributed by atoms with E-state index in [2.05, 4.69) is 0 Å². The van der Waals surface area contributed by atoms with Crippen molar-refractivity contribution >= 4 is 17.4 Å². The van der Waals surface area contributed by atoms with Crippen LogP contribution in [0.3, 0.4) is 0 Å². The Bertz CT molecular complexity index is 997. The van der Waals surface area contributed by atoms with E-state index in [-0.39, 0.29) is 30.9 Å². The Morgan fingerprint density at radius 1 is 0.968 bits per heavy atom. The van der Waals surface area contributed by atoms with Crippen molar-refractivity contribution in [1.29, 1.82) is 0 Å².